The van der Waals surface area contributed by atoms with Crippen molar-refractivity contribution in [1.82, 2.24) is 14.8 Å². The average molecular weight is 242 g/mol. The summed E-state index contributed by atoms with van der Waals surface area (Å²) in [5.41, 5.74) is 5.28. The molecule has 1 aromatic heterocycles. The predicted octanol–water partition coefficient (Wildman–Crippen LogP) is -1.83. The number of nitrogen functional groups attached to an aromatic ring is 1. The molecule has 17 heavy (non-hydrogen) atoms. The van der Waals surface area contributed by atoms with Crippen LogP contribution in [0.4, 0.5) is 5.95 Å². The van der Waals surface area contributed by atoms with E-state index in [2.05, 4.69) is 10.1 Å². The molecule has 1 aliphatic heterocycles. The van der Waals surface area contributed by atoms with Gasteiger partial charge >= 0.3 is 0 Å². The van der Waals surface area contributed by atoms with Crippen LogP contribution in [0.15, 0.2) is 4.79 Å². The molecule has 4 N–H and O–H groups in total. The van der Waals surface area contributed by atoms with Gasteiger partial charge in [0.25, 0.3) is 5.56 Å². The third kappa shape index (κ3) is 2.14. The van der Waals surface area contributed by atoms with Gasteiger partial charge in [0.15, 0.2) is 6.23 Å². The van der Waals surface area contributed by atoms with Gasteiger partial charge in [-0.3, -0.25) is 4.79 Å². The summed E-state index contributed by atoms with van der Waals surface area (Å²) in [6, 6.07) is 0. The lowest BCUT2D eigenvalue weighted by Gasteiger charge is -2.15. The van der Waals surface area contributed by atoms with Crippen molar-refractivity contribution in [1.29, 1.82) is 0 Å². The van der Waals surface area contributed by atoms with Gasteiger partial charge in [0.2, 0.25) is 5.95 Å². The first-order valence-electron chi connectivity index (χ1n) is 5.20. The normalized spacial score (nSPS) is 28.5. The van der Waals surface area contributed by atoms with E-state index in [1.807, 2.05) is 0 Å². The highest BCUT2D eigenvalue weighted by Gasteiger charge is 2.35. The van der Waals surface area contributed by atoms with E-state index >= 15 is 0 Å². The summed E-state index contributed by atoms with van der Waals surface area (Å²) in [6.07, 6.45) is -1.83. The number of hydrogen-bond donors (Lipinski definition) is 3. The molecule has 0 radical (unpaired) electrons. The molecule has 8 heteroatoms. The van der Waals surface area contributed by atoms with Crippen molar-refractivity contribution in [2.75, 3.05) is 12.3 Å². The molecule has 1 aliphatic rings. The number of aliphatic hydroxyl groups excluding tert-OH is 2. The van der Waals surface area contributed by atoms with Crippen molar-refractivity contribution >= 4 is 5.95 Å². The minimum atomic E-state index is -0.786. The maximum Gasteiger partial charge on any atom is 0.296 e. The van der Waals surface area contributed by atoms with Gasteiger partial charge in [0, 0.05) is 6.42 Å². The Morgan fingerprint density at radius 2 is 2.35 bits per heavy atom. The summed E-state index contributed by atoms with van der Waals surface area (Å²) >= 11 is 0. The van der Waals surface area contributed by atoms with Crippen LogP contribution in [-0.2, 0) is 4.74 Å². The van der Waals surface area contributed by atoms with Crippen molar-refractivity contribution in [3.05, 3.63) is 16.0 Å². The maximum atomic E-state index is 11.2. The minimum Gasteiger partial charge on any atom is -0.394 e. The Labute approximate surface area is 96.7 Å². The van der Waals surface area contributed by atoms with Crippen LogP contribution in [0, 0.1) is 6.92 Å². The Balaban J connectivity index is 2.30. The van der Waals surface area contributed by atoms with E-state index < -0.39 is 24.0 Å². The smallest absolute Gasteiger partial charge is 0.296 e. The van der Waals surface area contributed by atoms with Gasteiger partial charge in [-0.2, -0.15) is 10.1 Å². The lowest BCUT2D eigenvalue weighted by molar-refractivity contribution is -0.0485. The molecule has 2 rings (SSSR count). The number of nitrogens with two attached hydrogens (primary N) is 1. The van der Waals surface area contributed by atoms with Gasteiger partial charge in [-0.1, -0.05) is 0 Å². The fourth-order valence-electron chi connectivity index (χ4n) is 1.73. The SMILES string of the molecule is Cc1nn([C@H]2C[C@H](O)[C@@H](CO)O2)c(N)nc1=O. The monoisotopic (exact) mass is 242 g/mol. The van der Waals surface area contributed by atoms with Crippen LogP contribution >= 0.6 is 0 Å². The lowest BCUT2D eigenvalue weighted by atomic mass is 10.2. The molecule has 0 amide bonds. The Kier molecular flexibility index (Phi) is 3.09. The lowest BCUT2D eigenvalue weighted by Crippen LogP contribution is -2.26. The molecular formula is C9H14N4O4. The number of aromatic nitrogens is 3. The molecule has 1 aromatic rings. The Morgan fingerprint density at radius 1 is 1.65 bits per heavy atom. The van der Waals surface area contributed by atoms with Gasteiger partial charge in [0.05, 0.1) is 12.7 Å². The molecule has 0 aliphatic carbocycles. The standard InChI is InChI=1S/C9H14N4O4/c1-4-8(16)11-9(10)13(12-4)7-2-5(15)6(3-14)17-7/h5-7,14-15H,2-3H2,1H3,(H2,10,11,16)/t5-,6+,7+/m0/s1. The van der Waals surface area contributed by atoms with E-state index in [4.69, 9.17) is 15.6 Å². The van der Waals surface area contributed by atoms with Crippen molar-refractivity contribution in [3.63, 3.8) is 0 Å². The van der Waals surface area contributed by atoms with E-state index in [0.717, 1.165) is 0 Å². The molecule has 3 atom stereocenters. The Morgan fingerprint density at radius 3 is 2.94 bits per heavy atom. The van der Waals surface area contributed by atoms with E-state index in [1.165, 1.54) is 11.6 Å². The number of aryl methyl sites for hydroxylation is 1. The molecule has 0 aromatic carbocycles. The highest BCUT2D eigenvalue weighted by molar-refractivity contribution is 5.15. The first-order valence-corrected chi connectivity index (χ1v) is 5.20. The van der Waals surface area contributed by atoms with Gasteiger partial charge in [-0.05, 0) is 6.92 Å². The zero-order chi connectivity index (χ0) is 12.6. The van der Waals surface area contributed by atoms with Crippen LogP contribution in [-0.4, -0.2) is 43.8 Å². The van der Waals surface area contributed by atoms with Crippen molar-refractivity contribution in [2.45, 2.75) is 31.8 Å². The second kappa shape index (κ2) is 4.40. The quantitative estimate of drug-likeness (QED) is 0.557. The summed E-state index contributed by atoms with van der Waals surface area (Å²) in [6.45, 7) is 1.23. The highest BCUT2D eigenvalue weighted by atomic mass is 16.5. The molecule has 1 fully saturated rings. The molecule has 94 valence electrons. The van der Waals surface area contributed by atoms with E-state index in [-0.39, 0.29) is 24.7 Å². The van der Waals surface area contributed by atoms with Crippen molar-refractivity contribution in [2.24, 2.45) is 0 Å². The number of anilines is 1. The topological polar surface area (TPSA) is 123 Å². The Bertz CT molecular complexity index is 475. The largest absolute Gasteiger partial charge is 0.394 e. The van der Waals surface area contributed by atoms with Crippen LogP contribution < -0.4 is 11.3 Å². The van der Waals surface area contributed by atoms with Gasteiger partial charge in [0.1, 0.15) is 11.8 Å². The number of rotatable bonds is 2. The van der Waals surface area contributed by atoms with Crippen LogP contribution in [0.25, 0.3) is 0 Å². The number of ether oxygens (including phenoxy) is 1. The summed E-state index contributed by atoms with van der Waals surface area (Å²) in [5.74, 6) is -0.0728. The molecule has 1 saturated heterocycles. The molecule has 8 nitrogen and oxygen atoms in total. The molecule has 0 saturated carbocycles. The summed E-state index contributed by atoms with van der Waals surface area (Å²) in [4.78, 5) is 14.8. The third-order valence-electron chi connectivity index (χ3n) is 2.67. The van der Waals surface area contributed by atoms with Crippen LogP contribution in [0.5, 0.6) is 0 Å². The molecular weight excluding hydrogens is 228 g/mol. The Hall–Kier alpha value is -1.51. The minimum absolute atomic E-state index is 0.0728. The average Bonchev–Trinajstić information content (AvgIpc) is 2.65. The van der Waals surface area contributed by atoms with E-state index in [1.54, 1.807) is 0 Å². The second-order valence-electron chi connectivity index (χ2n) is 3.92. The van der Waals surface area contributed by atoms with Gasteiger partial charge < -0.3 is 20.7 Å². The molecule has 2 heterocycles. The number of hydrogen-bond acceptors (Lipinski definition) is 7. The fraction of sp³-hybridized carbons (Fsp3) is 0.667. The molecule has 0 spiro atoms. The van der Waals surface area contributed by atoms with E-state index in [9.17, 15) is 9.90 Å². The van der Waals surface area contributed by atoms with Crippen molar-refractivity contribution < 1.29 is 14.9 Å². The molecule has 0 unspecified atom stereocenters. The van der Waals surface area contributed by atoms with Gasteiger partial charge in [-0.25, -0.2) is 4.68 Å². The third-order valence-corrected chi connectivity index (χ3v) is 2.67. The van der Waals surface area contributed by atoms with Gasteiger partial charge in [-0.15, -0.1) is 0 Å². The predicted molar refractivity (Wildman–Crippen MR) is 57.1 cm³/mol. The first-order chi connectivity index (χ1) is 8.02. The zero-order valence-corrected chi connectivity index (χ0v) is 9.28. The summed E-state index contributed by atoms with van der Waals surface area (Å²) in [7, 11) is 0. The maximum absolute atomic E-state index is 11.2. The molecule has 0 bridgehead atoms. The van der Waals surface area contributed by atoms with Crippen LogP contribution in [0.3, 0.4) is 0 Å². The number of aliphatic hydroxyl groups is 2. The summed E-state index contributed by atoms with van der Waals surface area (Å²) in [5, 5.41) is 22.5. The van der Waals surface area contributed by atoms with Crippen LogP contribution in [0.1, 0.15) is 18.3 Å². The van der Waals surface area contributed by atoms with E-state index in [0.29, 0.717) is 0 Å². The second-order valence-corrected chi connectivity index (χ2v) is 3.92. The zero-order valence-electron chi connectivity index (χ0n) is 9.28. The summed E-state index contributed by atoms with van der Waals surface area (Å²) < 4.78 is 6.61. The number of nitrogens with zero attached hydrogens (tertiary/aromatic N) is 3. The van der Waals surface area contributed by atoms with Crippen LogP contribution in [0.2, 0.25) is 0 Å². The fourth-order valence-corrected chi connectivity index (χ4v) is 1.73. The highest BCUT2D eigenvalue weighted by Crippen LogP contribution is 2.28. The first kappa shape index (κ1) is 12.0. The van der Waals surface area contributed by atoms with Crippen molar-refractivity contribution in [3.8, 4) is 0 Å².